The van der Waals surface area contributed by atoms with Crippen molar-refractivity contribution in [3.05, 3.63) is 24.1 Å². The summed E-state index contributed by atoms with van der Waals surface area (Å²) >= 11 is 0. The van der Waals surface area contributed by atoms with Crippen LogP contribution in [-0.4, -0.2) is 12.5 Å². The lowest BCUT2D eigenvalue weighted by Crippen LogP contribution is -2.39. The van der Waals surface area contributed by atoms with Crippen LogP contribution in [-0.2, 0) is 4.74 Å². The van der Waals surface area contributed by atoms with E-state index in [0.29, 0.717) is 5.92 Å². The van der Waals surface area contributed by atoms with Crippen LogP contribution in [0.2, 0.25) is 0 Å². The lowest BCUT2D eigenvalue weighted by molar-refractivity contribution is -0.158. The molecule has 0 bridgehead atoms. The van der Waals surface area contributed by atoms with Gasteiger partial charge in [-0.3, -0.25) is 0 Å². The first-order chi connectivity index (χ1) is 7.66. The van der Waals surface area contributed by atoms with Crippen LogP contribution in [0.15, 0.2) is 24.1 Å². The van der Waals surface area contributed by atoms with Crippen LogP contribution in [0.1, 0.15) is 19.3 Å². The second-order valence-electron chi connectivity index (χ2n) is 4.26. The summed E-state index contributed by atoms with van der Waals surface area (Å²) in [7, 11) is 0. The van der Waals surface area contributed by atoms with Gasteiger partial charge in [0.1, 0.15) is 5.92 Å². The molecule has 2 aliphatic rings. The first-order valence-corrected chi connectivity index (χ1v) is 5.44. The highest BCUT2D eigenvalue weighted by Gasteiger charge is 2.46. The first kappa shape index (κ1) is 11.3. The number of rotatable bonds is 3. The van der Waals surface area contributed by atoms with E-state index in [4.69, 9.17) is 10.00 Å². The zero-order chi connectivity index (χ0) is 11.6. The molecule has 2 rings (SSSR count). The van der Waals surface area contributed by atoms with Crippen molar-refractivity contribution in [1.82, 2.24) is 0 Å². The van der Waals surface area contributed by atoms with Crippen LogP contribution in [0.25, 0.3) is 0 Å². The Kier molecular flexibility index (Phi) is 3.06. The Morgan fingerprint density at radius 2 is 2.31 bits per heavy atom. The Labute approximate surface area is 93.2 Å². The highest BCUT2D eigenvalue weighted by Crippen LogP contribution is 2.38. The molecule has 0 radical (unpaired) electrons. The average Bonchev–Trinajstić information content (AvgIpc) is 2.20. The van der Waals surface area contributed by atoms with Gasteiger partial charge in [0.05, 0.1) is 12.7 Å². The highest BCUT2D eigenvalue weighted by atomic mass is 19.2. The maximum Gasteiger partial charge on any atom is 0.281 e. The highest BCUT2D eigenvalue weighted by molar-refractivity contribution is 5.27. The van der Waals surface area contributed by atoms with Gasteiger partial charge in [0.25, 0.3) is 5.85 Å². The molecule has 2 unspecified atom stereocenters. The lowest BCUT2D eigenvalue weighted by atomic mass is 9.86. The van der Waals surface area contributed by atoms with Gasteiger partial charge in [0.15, 0.2) is 5.83 Å². The molecule has 2 nitrogen and oxygen atoms in total. The van der Waals surface area contributed by atoms with Crippen LogP contribution in [0.5, 0.6) is 0 Å². The molecule has 2 aliphatic carbocycles. The van der Waals surface area contributed by atoms with Crippen molar-refractivity contribution < 1.29 is 13.5 Å². The second kappa shape index (κ2) is 4.34. The minimum atomic E-state index is -2.58. The minimum absolute atomic E-state index is 0.184. The third-order valence-electron chi connectivity index (χ3n) is 3.16. The maximum absolute atomic E-state index is 14.2. The SMILES string of the molecule is N#CC1C=CC=C(F)C1(F)OCC1CCC1. The third-order valence-corrected chi connectivity index (χ3v) is 3.16. The molecule has 1 fully saturated rings. The molecule has 0 heterocycles. The van der Waals surface area contributed by atoms with Crippen molar-refractivity contribution in [3.63, 3.8) is 0 Å². The average molecular weight is 225 g/mol. The Bertz CT molecular complexity index is 368. The molecule has 0 N–H and O–H groups in total. The van der Waals surface area contributed by atoms with E-state index in [1.165, 1.54) is 12.2 Å². The fourth-order valence-corrected chi connectivity index (χ4v) is 1.82. The molecule has 0 saturated heterocycles. The van der Waals surface area contributed by atoms with E-state index in [1.807, 2.05) is 0 Å². The van der Waals surface area contributed by atoms with E-state index in [-0.39, 0.29) is 6.61 Å². The number of ether oxygens (including phenoxy) is 1. The first-order valence-electron chi connectivity index (χ1n) is 5.44. The monoisotopic (exact) mass is 225 g/mol. The van der Waals surface area contributed by atoms with Crippen molar-refractivity contribution in [2.45, 2.75) is 25.1 Å². The molecule has 0 aromatic heterocycles. The summed E-state index contributed by atoms with van der Waals surface area (Å²) in [6, 6.07) is 1.72. The predicted octanol–water partition coefficient (Wildman–Crippen LogP) is 3.03. The number of nitriles is 1. The number of hydrogen-bond donors (Lipinski definition) is 0. The molecule has 4 heteroatoms. The molecule has 0 amide bonds. The summed E-state index contributed by atoms with van der Waals surface area (Å²) in [5.74, 6) is -4.48. The Morgan fingerprint density at radius 1 is 1.56 bits per heavy atom. The van der Waals surface area contributed by atoms with Gasteiger partial charge < -0.3 is 4.74 Å². The van der Waals surface area contributed by atoms with Crippen molar-refractivity contribution >= 4 is 0 Å². The number of hydrogen-bond acceptors (Lipinski definition) is 2. The molecule has 0 spiro atoms. The number of halogens is 2. The van der Waals surface area contributed by atoms with E-state index >= 15 is 0 Å². The van der Waals surface area contributed by atoms with E-state index in [0.717, 1.165) is 25.3 Å². The molecule has 86 valence electrons. The van der Waals surface area contributed by atoms with Crippen molar-refractivity contribution in [1.29, 1.82) is 5.26 Å². The largest absolute Gasteiger partial charge is 0.339 e. The summed E-state index contributed by atoms with van der Waals surface area (Å²) < 4.78 is 32.6. The molecular formula is C12H13F2NO. The normalized spacial score (nSPS) is 34.1. The van der Waals surface area contributed by atoms with Crippen LogP contribution in [0.4, 0.5) is 8.78 Å². The van der Waals surface area contributed by atoms with Gasteiger partial charge >= 0.3 is 0 Å². The summed E-state index contributed by atoms with van der Waals surface area (Å²) in [5, 5.41) is 8.77. The van der Waals surface area contributed by atoms with Crippen LogP contribution in [0, 0.1) is 23.2 Å². The molecule has 0 aromatic carbocycles. The Balaban J connectivity index is 2.04. The topological polar surface area (TPSA) is 33.0 Å². The van der Waals surface area contributed by atoms with E-state index in [9.17, 15) is 8.78 Å². The molecule has 16 heavy (non-hydrogen) atoms. The van der Waals surface area contributed by atoms with Gasteiger partial charge in [-0.25, -0.2) is 8.78 Å². The van der Waals surface area contributed by atoms with Gasteiger partial charge in [-0.1, -0.05) is 18.6 Å². The van der Waals surface area contributed by atoms with E-state index in [1.54, 1.807) is 6.07 Å². The standard InChI is InChI=1S/C12H13F2NO/c13-11-6-2-5-10(7-15)12(11,14)16-8-9-3-1-4-9/h2,5-6,9-10H,1,3-4,8H2. The van der Waals surface area contributed by atoms with Crippen molar-refractivity contribution in [3.8, 4) is 6.07 Å². The summed E-state index contributed by atoms with van der Waals surface area (Å²) in [6.45, 7) is 0.184. The number of nitrogens with zero attached hydrogens (tertiary/aromatic N) is 1. The summed E-state index contributed by atoms with van der Waals surface area (Å²) in [4.78, 5) is 0. The molecular weight excluding hydrogens is 212 g/mol. The fourth-order valence-electron chi connectivity index (χ4n) is 1.82. The smallest absolute Gasteiger partial charge is 0.281 e. The molecule has 1 saturated carbocycles. The second-order valence-corrected chi connectivity index (χ2v) is 4.26. The quantitative estimate of drug-likeness (QED) is 0.739. The van der Waals surface area contributed by atoms with Crippen LogP contribution < -0.4 is 0 Å². The molecule has 2 atom stereocenters. The minimum Gasteiger partial charge on any atom is -0.339 e. The van der Waals surface area contributed by atoms with Crippen molar-refractivity contribution in [2.24, 2.45) is 11.8 Å². The van der Waals surface area contributed by atoms with Crippen LogP contribution in [0.3, 0.4) is 0 Å². The van der Waals surface area contributed by atoms with E-state index < -0.39 is 17.6 Å². The third kappa shape index (κ3) is 1.88. The van der Waals surface area contributed by atoms with Gasteiger partial charge in [-0.2, -0.15) is 5.26 Å². The number of alkyl halides is 1. The van der Waals surface area contributed by atoms with Gasteiger partial charge in [0, 0.05) is 0 Å². The van der Waals surface area contributed by atoms with Gasteiger partial charge in [-0.05, 0) is 24.8 Å². The summed E-state index contributed by atoms with van der Waals surface area (Å²) in [5.41, 5.74) is 0. The predicted molar refractivity (Wildman–Crippen MR) is 54.6 cm³/mol. The van der Waals surface area contributed by atoms with Gasteiger partial charge in [-0.15, -0.1) is 0 Å². The van der Waals surface area contributed by atoms with Gasteiger partial charge in [0.2, 0.25) is 0 Å². The Hall–Kier alpha value is -1.21. The van der Waals surface area contributed by atoms with Crippen LogP contribution >= 0.6 is 0 Å². The number of allylic oxidation sites excluding steroid dienone is 2. The maximum atomic E-state index is 14.2. The Morgan fingerprint density at radius 3 is 2.88 bits per heavy atom. The summed E-state index contributed by atoms with van der Waals surface area (Å²) in [6.07, 6.45) is 6.78. The fraction of sp³-hybridized carbons (Fsp3) is 0.583. The molecule has 0 aromatic rings. The van der Waals surface area contributed by atoms with Crippen molar-refractivity contribution in [2.75, 3.05) is 6.61 Å². The lowest BCUT2D eigenvalue weighted by Gasteiger charge is -2.32. The zero-order valence-corrected chi connectivity index (χ0v) is 8.83. The molecule has 0 aliphatic heterocycles. The zero-order valence-electron chi connectivity index (χ0n) is 8.83. The van der Waals surface area contributed by atoms with E-state index in [2.05, 4.69) is 0 Å².